The van der Waals surface area contributed by atoms with Gasteiger partial charge >= 0.3 is 5.97 Å². The van der Waals surface area contributed by atoms with Crippen molar-refractivity contribution in [3.63, 3.8) is 0 Å². The Bertz CT molecular complexity index is 657. The number of carbonyl (C=O) groups excluding carboxylic acids is 1. The third kappa shape index (κ3) is 2.52. The van der Waals surface area contributed by atoms with Crippen LogP contribution in [0.1, 0.15) is 44.8 Å². The number of carbonyl (C=O) groups is 1. The van der Waals surface area contributed by atoms with Crippen LogP contribution in [0, 0.1) is 34.5 Å². The van der Waals surface area contributed by atoms with Crippen LogP contribution in [-0.2, 0) is 9.53 Å². The minimum Gasteiger partial charge on any atom is -0.453 e. The molecule has 1 heterocycles. The highest BCUT2D eigenvalue weighted by Crippen LogP contribution is 2.53. The summed E-state index contributed by atoms with van der Waals surface area (Å²) in [5.41, 5.74) is -2.42. The van der Waals surface area contributed by atoms with Crippen molar-refractivity contribution in [1.29, 1.82) is 0 Å². The number of benzene rings is 1. The van der Waals surface area contributed by atoms with Crippen molar-refractivity contribution < 1.29 is 31.5 Å². The molecule has 1 aliphatic heterocycles. The SMILES string of the molecule is C=C1C(=O)O[C@H](c2c(F)c(F)c(F)c(F)c2F)[C@]1(C)CCCC. The molecule has 0 unspecified atom stereocenters. The van der Waals surface area contributed by atoms with Crippen LogP contribution >= 0.6 is 0 Å². The monoisotopic (exact) mass is 334 g/mol. The lowest BCUT2D eigenvalue weighted by atomic mass is 9.73. The number of hydrogen-bond acceptors (Lipinski definition) is 2. The van der Waals surface area contributed by atoms with Gasteiger partial charge in [-0.15, -0.1) is 0 Å². The highest BCUT2D eigenvalue weighted by Gasteiger charge is 2.52. The van der Waals surface area contributed by atoms with Crippen LogP contribution in [0.15, 0.2) is 12.2 Å². The Morgan fingerprint density at radius 2 is 1.52 bits per heavy atom. The second-order valence-corrected chi connectivity index (χ2v) is 5.77. The smallest absolute Gasteiger partial charge is 0.334 e. The molecule has 0 radical (unpaired) electrons. The first-order valence-corrected chi connectivity index (χ1v) is 7.08. The van der Waals surface area contributed by atoms with Gasteiger partial charge in [0.2, 0.25) is 5.82 Å². The Morgan fingerprint density at radius 3 is 2.00 bits per heavy atom. The molecular weight excluding hydrogens is 319 g/mol. The molecule has 23 heavy (non-hydrogen) atoms. The fraction of sp³-hybridized carbons (Fsp3) is 0.438. The van der Waals surface area contributed by atoms with E-state index in [0.717, 1.165) is 0 Å². The first-order chi connectivity index (χ1) is 10.7. The molecule has 0 N–H and O–H groups in total. The van der Waals surface area contributed by atoms with Crippen molar-refractivity contribution >= 4 is 5.97 Å². The molecule has 1 aliphatic rings. The fourth-order valence-electron chi connectivity index (χ4n) is 2.76. The lowest BCUT2D eigenvalue weighted by Crippen LogP contribution is -2.25. The number of unbranched alkanes of at least 4 members (excludes halogenated alkanes) is 1. The lowest BCUT2D eigenvalue weighted by Gasteiger charge is -2.30. The van der Waals surface area contributed by atoms with Crippen molar-refractivity contribution in [3.05, 3.63) is 46.8 Å². The van der Waals surface area contributed by atoms with E-state index in [9.17, 15) is 26.7 Å². The molecule has 7 heteroatoms. The summed E-state index contributed by atoms with van der Waals surface area (Å²) in [7, 11) is 0. The molecule has 1 aromatic rings. The molecule has 0 spiro atoms. The molecule has 0 aromatic heterocycles. The first kappa shape index (κ1) is 17.4. The molecular formula is C16H15F5O2. The molecule has 2 nitrogen and oxygen atoms in total. The summed E-state index contributed by atoms with van der Waals surface area (Å²) in [6, 6.07) is 0. The molecule has 1 aromatic carbocycles. The van der Waals surface area contributed by atoms with Crippen molar-refractivity contribution in [2.75, 3.05) is 0 Å². The molecule has 1 fully saturated rings. The van der Waals surface area contributed by atoms with E-state index in [1.807, 2.05) is 6.92 Å². The number of cyclic esters (lactones) is 1. The van der Waals surface area contributed by atoms with E-state index in [1.54, 1.807) is 0 Å². The van der Waals surface area contributed by atoms with Crippen LogP contribution in [0.25, 0.3) is 0 Å². The lowest BCUT2D eigenvalue weighted by molar-refractivity contribution is -0.140. The van der Waals surface area contributed by atoms with E-state index in [4.69, 9.17) is 4.74 Å². The Kier molecular flexibility index (Phi) is 4.50. The Labute approximate surface area is 129 Å². The summed E-state index contributed by atoms with van der Waals surface area (Å²) in [6.45, 7) is 6.89. The van der Waals surface area contributed by atoms with Crippen LogP contribution in [-0.4, -0.2) is 5.97 Å². The summed E-state index contributed by atoms with van der Waals surface area (Å²) >= 11 is 0. The normalized spacial score (nSPS) is 24.2. The van der Waals surface area contributed by atoms with E-state index in [2.05, 4.69) is 6.58 Å². The zero-order chi connectivity index (χ0) is 17.5. The predicted molar refractivity (Wildman–Crippen MR) is 71.8 cm³/mol. The number of ether oxygens (including phenoxy) is 1. The van der Waals surface area contributed by atoms with Crippen LogP contribution in [0.2, 0.25) is 0 Å². The van der Waals surface area contributed by atoms with Gasteiger partial charge in [-0.2, -0.15) is 0 Å². The van der Waals surface area contributed by atoms with Gasteiger partial charge in [0, 0.05) is 11.0 Å². The topological polar surface area (TPSA) is 26.3 Å². The van der Waals surface area contributed by atoms with E-state index in [1.165, 1.54) is 6.92 Å². The van der Waals surface area contributed by atoms with Gasteiger partial charge in [-0.1, -0.05) is 33.3 Å². The highest BCUT2D eigenvalue weighted by atomic mass is 19.2. The van der Waals surface area contributed by atoms with E-state index >= 15 is 0 Å². The maximum absolute atomic E-state index is 14.0. The number of halogens is 5. The van der Waals surface area contributed by atoms with Crippen molar-refractivity contribution in [1.82, 2.24) is 0 Å². The maximum atomic E-state index is 14.0. The summed E-state index contributed by atoms with van der Waals surface area (Å²) in [5.74, 6) is -11.3. The van der Waals surface area contributed by atoms with Crippen LogP contribution in [0.5, 0.6) is 0 Å². The molecule has 2 atom stereocenters. The van der Waals surface area contributed by atoms with Crippen LogP contribution in [0.3, 0.4) is 0 Å². The van der Waals surface area contributed by atoms with Gasteiger partial charge in [-0.25, -0.2) is 26.7 Å². The van der Waals surface area contributed by atoms with E-state index in [0.29, 0.717) is 12.8 Å². The van der Waals surface area contributed by atoms with Gasteiger partial charge in [-0.3, -0.25) is 0 Å². The van der Waals surface area contributed by atoms with Crippen molar-refractivity contribution in [2.24, 2.45) is 5.41 Å². The van der Waals surface area contributed by atoms with E-state index in [-0.39, 0.29) is 12.0 Å². The average molecular weight is 334 g/mol. The average Bonchev–Trinajstić information content (AvgIpc) is 2.74. The Balaban J connectivity index is 2.65. The second-order valence-electron chi connectivity index (χ2n) is 5.77. The number of hydrogen-bond donors (Lipinski definition) is 0. The third-order valence-electron chi connectivity index (χ3n) is 4.29. The largest absolute Gasteiger partial charge is 0.453 e. The Hall–Kier alpha value is -1.92. The number of esters is 1. The minimum absolute atomic E-state index is 0.0418. The van der Waals surface area contributed by atoms with Gasteiger partial charge in [0.1, 0.15) is 6.10 Å². The summed E-state index contributed by atoms with van der Waals surface area (Å²) < 4.78 is 73.0. The Morgan fingerprint density at radius 1 is 1.04 bits per heavy atom. The number of rotatable bonds is 4. The van der Waals surface area contributed by atoms with Gasteiger partial charge < -0.3 is 4.74 Å². The van der Waals surface area contributed by atoms with Crippen molar-refractivity contribution in [2.45, 2.75) is 39.2 Å². The molecule has 0 saturated carbocycles. The molecule has 1 saturated heterocycles. The molecule has 126 valence electrons. The van der Waals surface area contributed by atoms with Gasteiger partial charge in [0.25, 0.3) is 0 Å². The summed E-state index contributed by atoms with van der Waals surface area (Å²) in [6.07, 6.45) is -0.0735. The maximum Gasteiger partial charge on any atom is 0.334 e. The molecule has 0 amide bonds. The van der Waals surface area contributed by atoms with Gasteiger partial charge in [0.15, 0.2) is 23.3 Å². The highest BCUT2D eigenvalue weighted by molar-refractivity contribution is 5.92. The minimum atomic E-state index is -2.25. The molecule has 0 bridgehead atoms. The summed E-state index contributed by atoms with van der Waals surface area (Å²) in [5, 5.41) is 0. The van der Waals surface area contributed by atoms with Crippen molar-refractivity contribution in [3.8, 4) is 0 Å². The van der Waals surface area contributed by atoms with Gasteiger partial charge in [0.05, 0.1) is 5.56 Å². The molecule has 2 rings (SSSR count). The third-order valence-corrected chi connectivity index (χ3v) is 4.29. The van der Waals surface area contributed by atoms with Gasteiger partial charge in [-0.05, 0) is 6.42 Å². The summed E-state index contributed by atoms with van der Waals surface area (Å²) in [4.78, 5) is 11.8. The zero-order valence-corrected chi connectivity index (χ0v) is 12.6. The van der Waals surface area contributed by atoms with Crippen LogP contribution < -0.4 is 0 Å². The predicted octanol–water partition coefficient (Wildman–Crippen LogP) is 4.73. The second kappa shape index (κ2) is 5.94. The first-order valence-electron chi connectivity index (χ1n) is 7.08. The molecule has 0 aliphatic carbocycles. The standard InChI is InChI=1S/C16H15F5O2/c1-4-5-6-16(3)7(2)15(22)23-14(16)8-9(17)11(19)13(21)12(20)10(8)18/h14H,2,4-6H2,1,3H3/t14-,16-/m1/s1. The zero-order valence-electron chi connectivity index (χ0n) is 12.6. The van der Waals surface area contributed by atoms with Crippen LogP contribution in [0.4, 0.5) is 22.0 Å². The quantitative estimate of drug-likeness (QED) is 0.262. The fourth-order valence-corrected chi connectivity index (χ4v) is 2.76. The van der Waals surface area contributed by atoms with E-state index < -0.39 is 52.1 Å².